The van der Waals surface area contributed by atoms with Crippen LogP contribution in [0.3, 0.4) is 0 Å². The number of anilines is 1. The zero-order valence-corrected chi connectivity index (χ0v) is 13.8. The Morgan fingerprint density at radius 2 is 1.82 bits per heavy atom. The molecular weight excluding hydrogens is 274 g/mol. The van der Waals surface area contributed by atoms with Gasteiger partial charge in [0.15, 0.2) is 0 Å². The Morgan fingerprint density at radius 1 is 1.09 bits per heavy atom. The maximum Gasteiger partial charge on any atom is 0.142 e. The van der Waals surface area contributed by atoms with E-state index in [9.17, 15) is 0 Å². The Labute approximate surface area is 134 Å². The van der Waals surface area contributed by atoms with E-state index in [2.05, 4.69) is 46.4 Å². The third-order valence-electron chi connectivity index (χ3n) is 4.86. The van der Waals surface area contributed by atoms with Gasteiger partial charge >= 0.3 is 0 Å². The van der Waals surface area contributed by atoms with Gasteiger partial charge in [-0.05, 0) is 32.0 Å². The Hall–Kier alpha value is -1.26. The Morgan fingerprint density at radius 3 is 2.59 bits per heavy atom. The number of piperazine rings is 1. The lowest BCUT2D eigenvalue weighted by Crippen LogP contribution is -2.45. The molecule has 0 amide bonds. The van der Waals surface area contributed by atoms with Crippen molar-refractivity contribution in [2.45, 2.75) is 31.7 Å². The van der Waals surface area contributed by atoms with Gasteiger partial charge in [0.05, 0.1) is 5.69 Å². The molecule has 2 fully saturated rings. The number of hydrogen-bond acceptors (Lipinski definition) is 4. The van der Waals surface area contributed by atoms with Gasteiger partial charge in [-0.15, -0.1) is 0 Å². The second kappa shape index (κ2) is 7.84. The van der Waals surface area contributed by atoms with Gasteiger partial charge in [-0.1, -0.05) is 25.0 Å². The number of hydrogen-bond donors (Lipinski definition) is 1. The minimum Gasteiger partial charge on any atom is -0.490 e. The highest BCUT2D eigenvalue weighted by molar-refractivity contribution is 5.56. The van der Waals surface area contributed by atoms with E-state index < -0.39 is 0 Å². The summed E-state index contributed by atoms with van der Waals surface area (Å²) in [5, 5.41) is 3.66. The fraction of sp³-hybridized carbons (Fsp3) is 0.667. The number of rotatable bonds is 6. The summed E-state index contributed by atoms with van der Waals surface area (Å²) in [7, 11) is 2.19. The molecule has 1 saturated heterocycles. The minimum absolute atomic E-state index is 0.627. The predicted molar refractivity (Wildman–Crippen MR) is 91.8 cm³/mol. The van der Waals surface area contributed by atoms with E-state index in [1.54, 1.807) is 0 Å². The number of likely N-dealkylation sites (N-methyl/N-ethyl adjacent to an activating group) is 1. The summed E-state index contributed by atoms with van der Waals surface area (Å²) in [6, 6.07) is 9.00. The maximum atomic E-state index is 6.06. The van der Waals surface area contributed by atoms with Crippen molar-refractivity contribution in [2.24, 2.45) is 0 Å². The number of nitrogens with zero attached hydrogens (tertiary/aromatic N) is 2. The molecule has 2 aliphatic rings. The van der Waals surface area contributed by atoms with E-state index in [4.69, 9.17) is 4.74 Å². The van der Waals surface area contributed by atoms with Crippen LogP contribution in [0.4, 0.5) is 5.69 Å². The first kappa shape index (κ1) is 15.6. The molecule has 1 aromatic rings. The highest BCUT2D eigenvalue weighted by atomic mass is 16.5. The predicted octanol–water partition coefficient (Wildman–Crippen LogP) is 2.67. The molecule has 0 aromatic heterocycles. The third kappa shape index (κ3) is 4.37. The van der Waals surface area contributed by atoms with Crippen LogP contribution in [-0.4, -0.2) is 62.2 Å². The summed E-state index contributed by atoms with van der Waals surface area (Å²) < 4.78 is 6.06. The van der Waals surface area contributed by atoms with Crippen molar-refractivity contribution >= 4 is 5.69 Å². The Kier molecular flexibility index (Phi) is 5.57. The summed E-state index contributed by atoms with van der Waals surface area (Å²) >= 11 is 0. The summed E-state index contributed by atoms with van der Waals surface area (Å²) in [5.74, 6) is 1.00. The van der Waals surface area contributed by atoms with E-state index in [1.165, 1.54) is 38.8 Å². The fourth-order valence-electron chi connectivity index (χ4n) is 3.36. The van der Waals surface area contributed by atoms with Crippen LogP contribution in [0, 0.1) is 0 Å². The second-order valence-electron chi connectivity index (χ2n) is 6.62. The minimum atomic E-state index is 0.627. The molecule has 0 atom stereocenters. The lowest BCUT2D eigenvalue weighted by molar-refractivity contribution is 0.134. The van der Waals surface area contributed by atoms with Gasteiger partial charge in [0, 0.05) is 38.8 Å². The van der Waals surface area contributed by atoms with Crippen LogP contribution >= 0.6 is 0 Å². The summed E-state index contributed by atoms with van der Waals surface area (Å²) in [6.45, 7) is 6.43. The molecule has 1 aromatic carbocycles. The number of para-hydroxylation sites is 2. The van der Waals surface area contributed by atoms with Crippen molar-refractivity contribution < 1.29 is 4.74 Å². The zero-order chi connectivity index (χ0) is 15.2. The van der Waals surface area contributed by atoms with Gasteiger partial charge in [0.25, 0.3) is 0 Å². The molecule has 4 heteroatoms. The van der Waals surface area contributed by atoms with Crippen LogP contribution in [0.5, 0.6) is 5.75 Å². The average Bonchev–Trinajstić information content (AvgIpc) is 3.04. The van der Waals surface area contributed by atoms with Gasteiger partial charge in [-0.25, -0.2) is 0 Å². The van der Waals surface area contributed by atoms with Crippen molar-refractivity contribution in [1.82, 2.24) is 9.80 Å². The third-order valence-corrected chi connectivity index (χ3v) is 4.86. The molecule has 122 valence electrons. The molecule has 1 saturated carbocycles. The zero-order valence-electron chi connectivity index (χ0n) is 13.8. The number of nitrogens with one attached hydrogen (secondary N) is 1. The topological polar surface area (TPSA) is 27.7 Å². The summed E-state index contributed by atoms with van der Waals surface area (Å²) in [6.07, 6.45) is 5.28. The van der Waals surface area contributed by atoms with Crippen LogP contribution in [0.1, 0.15) is 25.7 Å². The van der Waals surface area contributed by atoms with Crippen molar-refractivity contribution in [3.05, 3.63) is 24.3 Å². The van der Waals surface area contributed by atoms with E-state index >= 15 is 0 Å². The lowest BCUT2D eigenvalue weighted by atomic mass is 10.2. The Balaban J connectivity index is 1.47. The number of ether oxygens (including phenoxy) is 1. The van der Waals surface area contributed by atoms with Gasteiger partial charge in [-0.2, -0.15) is 0 Å². The quantitative estimate of drug-likeness (QED) is 0.874. The molecule has 0 unspecified atom stereocenters. The molecule has 0 bridgehead atoms. The monoisotopic (exact) mass is 303 g/mol. The van der Waals surface area contributed by atoms with Crippen LogP contribution < -0.4 is 10.1 Å². The smallest absolute Gasteiger partial charge is 0.142 e. The largest absolute Gasteiger partial charge is 0.490 e. The van der Waals surface area contributed by atoms with E-state index in [1.807, 2.05) is 0 Å². The lowest BCUT2D eigenvalue weighted by Gasteiger charge is -2.32. The van der Waals surface area contributed by atoms with Gasteiger partial charge in [0.2, 0.25) is 0 Å². The van der Waals surface area contributed by atoms with Crippen LogP contribution in [-0.2, 0) is 0 Å². The first-order valence-corrected chi connectivity index (χ1v) is 8.70. The van der Waals surface area contributed by atoms with Crippen LogP contribution in [0.2, 0.25) is 0 Å². The number of benzene rings is 1. The molecule has 1 N–H and O–H groups in total. The van der Waals surface area contributed by atoms with Gasteiger partial charge in [-0.3, -0.25) is 4.90 Å². The molecular formula is C18H29N3O. The molecule has 0 radical (unpaired) electrons. The van der Waals surface area contributed by atoms with Crippen LogP contribution in [0.25, 0.3) is 0 Å². The molecule has 1 aliphatic carbocycles. The Bertz CT molecular complexity index is 451. The fourth-order valence-corrected chi connectivity index (χ4v) is 3.36. The van der Waals surface area contributed by atoms with Crippen molar-refractivity contribution in [3.8, 4) is 5.75 Å². The molecule has 3 rings (SSSR count). The first-order chi connectivity index (χ1) is 10.8. The van der Waals surface area contributed by atoms with Crippen molar-refractivity contribution in [3.63, 3.8) is 0 Å². The molecule has 0 spiro atoms. The molecule has 4 nitrogen and oxygen atoms in total. The van der Waals surface area contributed by atoms with Gasteiger partial charge in [0.1, 0.15) is 12.4 Å². The first-order valence-electron chi connectivity index (χ1n) is 8.70. The molecule has 22 heavy (non-hydrogen) atoms. The average molecular weight is 303 g/mol. The van der Waals surface area contributed by atoms with Crippen molar-refractivity contribution in [2.75, 3.05) is 51.7 Å². The normalized spacial score (nSPS) is 21.1. The SMILES string of the molecule is CN1CCN(CCOc2ccccc2NC2CCCC2)CC1. The maximum absolute atomic E-state index is 6.06. The van der Waals surface area contributed by atoms with E-state index in [0.29, 0.717) is 6.04 Å². The standard InChI is InChI=1S/C18H29N3O/c1-20-10-12-21(13-11-20)14-15-22-18-9-5-4-8-17(18)19-16-6-2-3-7-16/h4-5,8-9,16,19H,2-3,6-7,10-15H2,1H3. The van der Waals surface area contributed by atoms with Crippen LogP contribution in [0.15, 0.2) is 24.3 Å². The van der Waals surface area contributed by atoms with Gasteiger partial charge < -0.3 is 15.0 Å². The highest BCUT2D eigenvalue weighted by Gasteiger charge is 2.17. The highest BCUT2D eigenvalue weighted by Crippen LogP contribution is 2.28. The van der Waals surface area contributed by atoms with E-state index in [0.717, 1.165) is 37.7 Å². The summed E-state index contributed by atoms with van der Waals surface area (Å²) in [5.41, 5.74) is 1.16. The molecule has 1 aliphatic heterocycles. The van der Waals surface area contributed by atoms with E-state index in [-0.39, 0.29) is 0 Å². The molecule has 1 heterocycles. The summed E-state index contributed by atoms with van der Waals surface area (Å²) in [4.78, 5) is 4.88. The second-order valence-corrected chi connectivity index (χ2v) is 6.62. The van der Waals surface area contributed by atoms with Crippen molar-refractivity contribution in [1.29, 1.82) is 0 Å².